The molecule has 3 aromatic rings. The topological polar surface area (TPSA) is 156 Å². The summed E-state index contributed by atoms with van der Waals surface area (Å²) in [7, 11) is 0. The van der Waals surface area contributed by atoms with Crippen LogP contribution in [-0.4, -0.2) is 58.0 Å². The van der Waals surface area contributed by atoms with Gasteiger partial charge < -0.3 is 26.0 Å². The molecule has 0 radical (unpaired) electrons. The van der Waals surface area contributed by atoms with Gasteiger partial charge in [0.25, 0.3) is 0 Å². The highest BCUT2D eigenvalue weighted by Crippen LogP contribution is 2.48. The maximum absolute atomic E-state index is 12.7. The van der Waals surface area contributed by atoms with Crippen LogP contribution < -0.4 is 11.1 Å². The minimum atomic E-state index is -0.948. The highest BCUT2D eigenvalue weighted by molar-refractivity contribution is 8.00. The Morgan fingerprint density at radius 1 is 0.767 bits per heavy atom. The van der Waals surface area contributed by atoms with Crippen molar-refractivity contribution in [2.75, 3.05) is 12.3 Å². The molecule has 0 aliphatic carbocycles. The molecule has 3 rings (SSSR count). The first-order valence-electron chi connectivity index (χ1n) is 13.8. The van der Waals surface area contributed by atoms with Gasteiger partial charge in [0.2, 0.25) is 5.91 Å². The fraction of sp³-hybridized carbons (Fsp3) is 0.333. The van der Waals surface area contributed by atoms with Gasteiger partial charge in [0, 0.05) is 18.6 Å². The molecule has 3 aromatic carbocycles. The number of carbonyl (C=O) groups is 4. The van der Waals surface area contributed by atoms with E-state index < -0.39 is 34.3 Å². The van der Waals surface area contributed by atoms with E-state index >= 15 is 0 Å². The molecule has 0 fully saturated rings. The van der Waals surface area contributed by atoms with Crippen molar-refractivity contribution in [3.63, 3.8) is 0 Å². The molecule has 0 bridgehead atoms. The summed E-state index contributed by atoms with van der Waals surface area (Å²) < 4.78 is 4.69. The van der Waals surface area contributed by atoms with Crippen LogP contribution in [0.2, 0.25) is 0 Å². The van der Waals surface area contributed by atoms with E-state index in [1.807, 2.05) is 54.6 Å². The largest absolute Gasteiger partial charge is 0.481 e. The first-order chi connectivity index (χ1) is 20.3. The fourth-order valence-corrected chi connectivity index (χ4v) is 5.61. The lowest BCUT2D eigenvalue weighted by Gasteiger charge is -2.36. The molecule has 230 valence electrons. The van der Waals surface area contributed by atoms with E-state index in [1.165, 1.54) is 0 Å². The summed E-state index contributed by atoms with van der Waals surface area (Å²) in [6.07, 6.45) is 0.0866. The molecule has 1 atom stereocenters. The first-order valence-corrected chi connectivity index (χ1v) is 14.8. The zero-order valence-corrected chi connectivity index (χ0v) is 25.5. The van der Waals surface area contributed by atoms with E-state index in [2.05, 4.69) is 41.7 Å². The lowest BCUT2D eigenvalue weighted by atomic mass is 9.84. The van der Waals surface area contributed by atoms with Gasteiger partial charge in [0.15, 0.2) is 0 Å². The SMILES string of the molecule is CC(C)(C)OC(=O)CNC(=O)[C@@H](N)CSC(c1ccccc1)(c1ccccc1)c1ccccc1.O=C(O)CCCC(=O)O. The van der Waals surface area contributed by atoms with E-state index in [9.17, 15) is 19.2 Å². The highest BCUT2D eigenvalue weighted by Gasteiger charge is 2.37. The fourth-order valence-electron chi connectivity index (χ4n) is 4.12. The number of aliphatic carboxylic acids is 2. The Bertz CT molecular complexity index is 1200. The Labute approximate surface area is 256 Å². The quantitative estimate of drug-likeness (QED) is 0.158. The number of carboxylic acid groups (broad SMARTS) is 2. The van der Waals surface area contributed by atoms with Crippen molar-refractivity contribution in [2.24, 2.45) is 5.73 Å². The number of hydrogen-bond acceptors (Lipinski definition) is 7. The van der Waals surface area contributed by atoms with Gasteiger partial charge in [0.05, 0.1) is 10.8 Å². The minimum Gasteiger partial charge on any atom is -0.481 e. The standard InChI is InChI=1S/C28H32N2O3S.C5H8O4/c1-27(2,3)33-25(31)19-30-26(32)24(29)20-34-28(21-13-7-4-8-14-21,22-15-9-5-10-16-22)23-17-11-6-12-18-23;6-4(7)2-1-3-5(8)9/h4-18,24H,19-20,29H2,1-3H3,(H,30,32);1-3H2,(H,6,7)(H,8,9)/t24-;/m0./s1. The Morgan fingerprint density at radius 2 is 1.16 bits per heavy atom. The number of amides is 1. The maximum atomic E-state index is 12.7. The molecule has 1 amide bonds. The number of thioether (sulfide) groups is 1. The van der Waals surface area contributed by atoms with Crippen LogP contribution in [0.1, 0.15) is 56.7 Å². The molecule has 0 aliphatic heterocycles. The van der Waals surface area contributed by atoms with E-state index in [0.717, 1.165) is 16.7 Å². The maximum Gasteiger partial charge on any atom is 0.325 e. The van der Waals surface area contributed by atoms with Crippen molar-refractivity contribution in [2.45, 2.75) is 56.4 Å². The summed E-state index contributed by atoms with van der Waals surface area (Å²) >= 11 is 1.61. The third-order valence-electron chi connectivity index (χ3n) is 5.97. The van der Waals surface area contributed by atoms with Gasteiger partial charge in [-0.1, -0.05) is 91.0 Å². The molecule has 43 heavy (non-hydrogen) atoms. The molecule has 10 heteroatoms. The second kappa shape index (κ2) is 17.1. The third-order valence-corrected chi connectivity index (χ3v) is 7.63. The number of carboxylic acids is 2. The molecule has 0 aliphatic rings. The predicted molar refractivity (Wildman–Crippen MR) is 168 cm³/mol. The lowest BCUT2D eigenvalue weighted by Crippen LogP contribution is -2.45. The van der Waals surface area contributed by atoms with Gasteiger partial charge in [-0.2, -0.15) is 0 Å². The molecule has 0 aromatic heterocycles. The monoisotopic (exact) mass is 608 g/mol. The average molecular weight is 609 g/mol. The van der Waals surface area contributed by atoms with Crippen molar-refractivity contribution in [1.29, 1.82) is 0 Å². The molecular weight excluding hydrogens is 568 g/mol. The average Bonchev–Trinajstić information content (AvgIpc) is 2.97. The van der Waals surface area contributed by atoms with Crippen LogP contribution in [0.15, 0.2) is 91.0 Å². The minimum absolute atomic E-state index is 0.0632. The van der Waals surface area contributed by atoms with Gasteiger partial charge in [-0.25, -0.2) is 0 Å². The van der Waals surface area contributed by atoms with Crippen LogP contribution >= 0.6 is 11.8 Å². The first kappa shape index (κ1) is 35.0. The van der Waals surface area contributed by atoms with Crippen LogP contribution in [0.5, 0.6) is 0 Å². The summed E-state index contributed by atoms with van der Waals surface area (Å²) in [6, 6.07) is 29.9. The van der Waals surface area contributed by atoms with Crippen molar-refractivity contribution >= 4 is 35.6 Å². The summed E-state index contributed by atoms with van der Waals surface area (Å²) in [5.74, 6) is -2.43. The Morgan fingerprint density at radius 3 is 1.51 bits per heavy atom. The normalized spacial score (nSPS) is 11.8. The van der Waals surface area contributed by atoms with Crippen LogP contribution in [0.4, 0.5) is 0 Å². The number of hydrogen-bond donors (Lipinski definition) is 4. The molecule has 5 N–H and O–H groups in total. The molecule has 0 unspecified atom stereocenters. The zero-order chi connectivity index (χ0) is 31.9. The summed E-state index contributed by atoms with van der Waals surface area (Å²) in [5, 5.41) is 18.7. The van der Waals surface area contributed by atoms with E-state index in [4.69, 9.17) is 20.7 Å². The van der Waals surface area contributed by atoms with Crippen LogP contribution in [-0.2, 0) is 28.7 Å². The Balaban J connectivity index is 0.000000621. The molecular formula is C33H40N2O7S. The molecule has 9 nitrogen and oxygen atoms in total. The van der Waals surface area contributed by atoms with Gasteiger partial charge in [0.1, 0.15) is 12.1 Å². The number of ether oxygens (including phenoxy) is 1. The van der Waals surface area contributed by atoms with Gasteiger partial charge in [-0.05, 0) is 43.9 Å². The number of rotatable bonds is 13. The third kappa shape index (κ3) is 11.9. The summed E-state index contributed by atoms with van der Waals surface area (Å²) in [5.41, 5.74) is 8.96. The van der Waals surface area contributed by atoms with Gasteiger partial charge in [-0.3, -0.25) is 19.2 Å². The van der Waals surface area contributed by atoms with Crippen LogP contribution in [0, 0.1) is 0 Å². The summed E-state index contributed by atoms with van der Waals surface area (Å²) in [4.78, 5) is 44.2. The molecule has 0 saturated heterocycles. The number of carbonyl (C=O) groups excluding carboxylic acids is 2. The second-order valence-electron chi connectivity index (χ2n) is 10.6. The smallest absolute Gasteiger partial charge is 0.325 e. The lowest BCUT2D eigenvalue weighted by molar-refractivity contribution is -0.154. The Hall–Kier alpha value is -4.15. The van der Waals surface area contributed by atoms with Crippen LogP contribution in [0.25, 0.3) is 0 Å². The van der Waals surface area contributed by atoms with Crippen molar-refractivity contribution in [1.82, 2.24) is 5.32 Å². The van der Waals surface area contributed by atoms with Crippen molar-refractivity contribution in [3.05, 3.63) is 108 Å². The van der Waals surface area contributed by atoms with Crippen molar-refractivity contribution in [3.8, 4) is 0 Å². The number of benzene rings is 3. The van der Waals surface area contributed by atoms with Gasteiger partial charge in [-0.15, -0.1) is 11.8 Å². The molecule has 0 heterocycles. The highest BCUT2D eigenvalue weighted by atomic mass is 32.2. The number of nitrogens with two attached hydrogens (primary N) is 1. The Kier molecular flexibility index (Phi) is 13.9. The van der Waals surface area contributed by atoms with E-state index in [0.29, 0.717) is 5.75 Å². The summed E-state index contributed by atoms with van der Waals surface area (Å²) in [6.45, 7) is 5.14. The van der Waals surface area contributed by atoms with Gasteiger partial charge >= 0.3 is 17.9 Å². The predicted octanol–water partition coefficient (Wildman–Crippen LogP) is 4.82. The zero-order valence-electron chi connectivity index (χ0n) is 24.7. The van der Waals surface area contributed by atoms with Crippen LogP contribution in [0.3, 0.4) is 0 Å². The van der Waals surface area contributed by atoms with Crippen molar-refractivity contribution < 1.29 is 34.1 Å². The van der Waals surface area contributed by atoms with E-state index in [1.54, 1.807) is 32.5 Å². The number of esters is 1. The second-order valence-corrected chi connectivity index (χ2v) is 11.9. The van der Waals surface area contributed by atoms with E-state index in [-0.39, 0.29) is 31.7 Å². The molecule has 0 spiro atoms. The number of nitrogens with one attached hydrogen (secondary N) is 1. The molecule has 0 saturated carbocycles.